The number of rotatable bonds is 5. The van der Waals surface area contributed by atoms with Crippen molar-refractivity contribution in [2.45, 2.75) is 11.8 Å². The van der Waals surface area contributed by atoms with E-state index in [0.717, 1.165) is 26.0 Å². The van der Waals surface area contributed by atoms with Crippen LogP contribution in [0.5, 0.6) is 0 Å². The largest absolute Gasteiger partial charge is 0.267 e. The van der Waals surface area contributed by atoms with Crippen molar-refractivity contribution in [3.05, 3.63) is 107 Å². The molecule has 4 rings (SSSR count). The van der Waals surface area contributed by atoms with E-state index in [1.807, 2.05) is 55.5 Å². The molecule has 0 aliphatic heterocycles. The Hall–Kier alpha value is -5.41. The molecule has 38 heavy (non-hydrogen) atoms. The predicted molar refractivity (Wildman–Crippen MR) is 144 cm³/mol. The second-order valence-corrected chi connectivity index (χ2v) is 10.4. The predicted octanol–water partition coefficient (Wildman–Crippen LogP) is 5.72. The van der Waals surface area contributed by atoms with Gasteiger partial charge in [-0.1, -0.05) is 66.2 Å². The van der Waals surface area contributed by atoms with Crippen molar-refractivity contribution in [3.8, 4) is 24.3 Å². The second kappa shape index (κ2) is 10.3. The molecule has 0 N–H and O–H groups in total. The van der Waals surface area contributed by atoms with E-state index in [0.29, 0.717) is 10.9 Å². The summed E-state index contributed by atoms with van der Waals surface area (Å²) < 4.78 is 28.2. The summed E-state index contributed by atoms with van der Waals surface area (Å²) in [4.78, 5) is -0.0727. The van der Waals surface area contributed by atoms with Gasteiger partial charge in [-0.05, 0) is 52.2 Å². The number of hydrogen-bond donors (Lipinski definition) is 0. The molecule has 0 bridgehead atoms. The Balaban J connectivity index is 2.16. The van der Waals surface area contributed by atoms with Crippen LogP contribution in [0.25, 0.3) is 27.1 Å². The topological polar surface area (TPSA) is 133 Å². The third-order valence-electron chi connectivity index (χ3n) is 6.20. The molecule has 8 heteroatoms. The number of nitrogens with zero attached hydrogens (tertiary/aromatic N) is 5. The van der Waals surface area contributed by atoms with Gasteiger partial charge >= 0.3 is 0 Å². The van der Waals surface area contributed by atoms with E-state index in [1.165, 1.54) is 19.2 Å². The van der Waals surface area contributed by atoms with Crippen molar-refractivity contribution in [2.75, 3.05) is 7.05 Å². The molecule has 7 nitrogen and oxygen atoms in total. The van der Waals surface area contributed by atoms with Gasteiger partial charge in [0.15, 0.2) is 5.57 Å². The monoisotopic (exact) mass is 513 g/mol. The van der Waals surface area contributed by atoms with Gasteiger partial charge in [0.2, 0.25) is 0 Å². The lowest BCUT2D eigenvalue weighted by atomic mass is 9.88. The maximum atomic E-state index is 13.7. The van der Waals surface area contributed by atoms with Gasteiger partial charge in [-0.15, -0.1) is 0 Å². The van der Waals surface area contributed by atoms with Crippen molar-refractivity contribution < 1.29 is 8.42 Å². The highest BCUT2D eigenvalue weighted by Crippen LogP contribution is 2.40. The molecule has 0 amide bonds. The number of allylic oxidation sites excluding steroid dienone is 3. The summed E-state index contributed by atoms with van der Waals surface area (Å²) >= 11 is 0. The standard InChI is InChI=1S/C30H19N5O2S/c1-20-11-13-24(14-12-20)38(36,37)35(2)30(23(18-33)19-34)29(22(16-31)17-32)28-15-21-7-3-4-8-25(21)26-9-5-6-10-27(26)28/h3-15H,1-2H3. The Morgan fingerprint density at radius 1 is 0.711 bits per heavy atom. The average molecular weight is 514 g/mol. The summed E-state index contributed by atoms with van der Waals surface area (Å²) in [6.07, 6.45) is 0. The third kappa shape index (κ3) is 4.34. The Labute approximate surface area is 220 Å². The molecule has 0 fully saturated rings. The molecule has 0 radical (unpaired) electrons. The first-order valence-corrected chi connectivity index (χ1v) is 12.8. The van der Waals surface area contributed by atoms with Gasteiger partial charge < -0.3 is 0 Å². The Bertz CT molecular complexity index is 1910. The van der Waals surface area contributed by atoms with Gasteiger partial charge in [-0.3, -0.25) is 4.31 Å². The zero-order valence-electron chi connectivity index (χ0n) is 20.5. The summed E-state index contributed by atoms with van der Waals surface area (Å²) in [5.74, 6) is 0. The van der Waals surface area contributed by atoms with E-state index >= 15 is 0 Å². The summed E-state index contributed by atoms with van der Waals surface area (Å²) in [6, 6.07) is 29.8. The molecule has 0 saturated carbocycles. The minimum Gasteiger partial charge on any atom is -0.267 e. The molecule has 182 valence electrons. The molecular weight excluding hydrogens is 494 g/mol. The van der Waals surface area contributed by atoms with Gasteiger partial charge in [-0.2, -0.15) is 21.0 Å². The highest BCUT2D eigenvalue weighted by atomic mass is 32.2. The quantitative estimate of drug-likeness (QED) is 0.190. The maximum absolute atomic E-state index is 13.7. The highest BCUT2D eigenvalue weighted by molar-refractivity contribution is 7.89. The fourth-order valence-corrected chi connectivity index (χ4v) is 5.56. The second-order valence-electron chi connectivity index (χ2n) is 8.40. The first-order chi connectivity index (χ1) is 18.3. The van der Waals surface area contributed by atoms with Gasteiger partial charge in [0.1, 0.15) is 29.8 Å². The first kappa shape index (κ1) is 25.7. The number of likely N-dealkylation sites (N-methyl/N-ethyl adjacent to an activating group) is 1. The molecule has 0 unspecified atom stereocenters. The van der Waals surface area contributed by atoms with Crippen LogP contribution in [0.2, 0.25) is 0 Å². The van der Waals surface area contributed by atoms with Crippen LogP contribution in [0, 0.1) is 52.2 Å². The molecule has 0 aromatic heterocycles. The van der Waals surface area contributed by atoms with Gasteiger partial charge in [0, 0.05) is 12.6 Å². The lowest BCUT2D eigenvalue weighted by Crippen LogP contribution is -2.28. The number of fused-ring (bicyclic) bond motifs is 3. The van der Waals surface area contributed by atoms with E-state index in [4.69, 9.17) is 0 Å². The molecule has 0 aliphatic rings. The van der Waals surface area contributed by atoms with E-state index in [9.17, 15) is 29.5 Å². The smallest absolute Gasteiger partial charge is 0.264 e. The van der Waals surface area contributed by atoms with E-state index in [-0.39, 0.29) is 16.2 Å². The maximum Gasteiger partial charge on any atom is 0.264 e. The fourth-order valence-electron chi connectivity index (χ4n) is 4.34. The number of sulfonamides is 1. The minimum atomic E-state index is -4.30. The van der Waals surface area contributed by atoms with Gasteiger partial charge in [0.05, 0.1) is 10.6 Å². The zero-order chi connectivity index (χ0) is 27.4. The molecule has 0 saturated heterocycles. The van der Waals surface area contributed by atoms with E-state index in [1.54, 1.807) is 42.5 Å². The normalized spacial score (nSPS) is 10.5. The number of benzene rings is 4. The van der Waals surface area contributed by atoms with Crippen molar-refractivity contribution in [1.29, 1.82) is 21.0 Å². The van der Waals surface area contributed by atoms with Gasteiger partial charge in [0.25, 0.3) is 10.0 Å². The van der Waals surface area contributed by atoms with Crippen LogP contribution in [0.15, 0.2) is 101 Å². The summed E-state index contributed by atoms with van der Waals surface area (Å²) in [6.45, 7) is 1.81. The SMILES string of the molecule is Cc1ccc(S(=O)(=O)N(C)C(=C(C#N)C#N)C(=C(C#N)C#N)c2cc3ccccc3c3ccccc23)cc1. The number of nitriles is 4. The number of hydrogen-bond acceptors (Lipinski definition) is 6. The molecule has 0 atom stereocenters. The van der Waals surface area contributed by atoms with Crippen molar-refractivity contribution >= 4 is 37.1 Å². The van der Waals surface area contributed by atoms with Crippen LogP contribution in [-0.4, -0.2) is 19.8 Å². The molecule has 4 aromatic rings. The van der Waals surface area contributed by atoms with Crippen molar-refractivity contribution in [1.82, 2.24) is 4.31 Å². The number of aryl methyl sites for hydroxylation is 1. The third-order valence-corrected chi connectivity index (χ3v) is 7.97. The van der Waals surface area contributed by atoms with E-state index in [2.05, 4.69) is 0 Å². The van der Waals surface area contributed by atoms with Crippen LogP contribution >= 0.6 is 0 Å². The van der Waals surface area contributed by atoms with Crippen molar-refractivity contribution in [3.63, 3.8) is 0 Å². The minimum absolute atomic E-state index is 0.0727. The summed E-state index contributed by atoms with van der Waals surface area (Å²) in [7, 11) is -3.10. The molecule has 0 heterocycles. The zero-order valence-corrected chi connectivity index (χ0v) is 21.3. The van der Waals surface area contributed by atoms with Crippen LogP contribution in [0.4, 0.5) is 0 Å². The van der Waals surface area contributed by atoms with Crippen LogP contribution in [0.1, 0.15) is 11.1 Å². The molecule has 0 aliphatic carbocycles. The van der Waals surface area contributed by atoms with Crippen molar-refractivity contribution in [2.24, 2.45) is 0 Å². The fraction of sp³-hybridized carbons (Fsp3) is 0.0667. The summed E-state index contributed by atoms with van der Waals surface area (Å²) in [5.41, 5.74) is -0.270. The lowest BCUT2D eigenvalue weighted by Gasteiger charge is -2.26. The van der Waals surface area contributed by atoms with Crippen LogP contribution in [-0.2, 0) is 10.0 Å². The Morgan fingerprint density at radius 3 is 1.82 bits per heavy atom. The molecule has 0 spiro atoms. The molecular formula is C30H19N5O2S. The summed E-state index contributed by atoms with van der Waals surface area (Å²) in [5, 5.41) is 42.8. The van der Waals surface area contributed by atoms with E-state index < -0.39 is 21.2 Å². The Morgan fingerprint density at radius 2 is 1.24 bits per heavy atom. The first-order valence-electron chi connectivity index (χ1n) is 11.3. The Kier molecular flexibility index (Phi) is 6.95. The van der Waals surface area contributed by atoms with Crippen LogP contribution in [0.3, 0.4) is 0 Å². The highest BCUT2D eigenvalue weighted by Gasteiger charge is 2.31. The average Bonchev–Trinajstić information content (AvgIpc) is 2.94. The molecule has 4 aromatic carbocycles. The van der Waals surface area contributed by atoms with Crippen LogP contribution < -0.4 is 0 Å². The lowest BCUT2D eigenvalue weighted by molar-refractivity contribution is 0.530. The van der Waals surface area contributed by atoms with Gasteiger partial charge in [-0.25, -0.2) is 8.42 Å².